The maximum atomic E-state index is 11.1. The molecule has 0 atom stereocenters. The smallest absolute Gasteiger partial charge is 0.409 e. The van der Waals surface area contributed by atoms with Gasteiger partial charge in [-0.15, -0.1) is 0 Å². The Balaban J connectivity index is 2.27. The fourth-order valence-electron chi connectivity index (χ4n) is 0.843. The Bertz CT molecular complexity index is 277. The highest BCUT2D eigenvalue weighted by Crippen LogP contribution is 2.05. The summed E-state index contributed by atoms with van der Waals surface area (Å²) in [7, 11) is 0. The minimum atomic E-state index is -0.480. The van der Waals surface area contributed by atoms with E-state index in [1.807, 2.05) is 0 Å². The summed E-state index contributed by atoms with van der Waals surface area (Å²) in [6.45, 7) is 1.07. The Morgan fingerprint density at radius 2 is 2.50 bits per heavy atom. The van der Waals surface area contributed by atoms with Crippen LogP contribution in [-0.2, 0) is 0 Å². The van der Waals surface area contributed by atoms with Gasteiger partial charge in [-0.3, -0.25) is 4.98 Å². The van der Waals surface area contributed by atoms with Gasteiger partial charge in [0.15, 0.2) is 5.75 Å². The molecule has 1 aromatic rings. The van der Waals surface area contributed by atoms with Crippen LogP contribution in [0.3, 0.4) is 0 Å². The molecule has 1 heterocycles. The second-order valence-electron chi connectivity index (χ2n) is 2.65. The molecule has 1 amide bonds. The number of nitrogens with one attached hydrogen (secondary N) is 1. The van der Waals surface area contributed by atoms with Gasteiger partial charge in [-0.1, -0.05) is 0 Å². The second-order valence-corrected chi connectivity index (χ2v) is 2.65. The first-order valence-electron chi connectivity index (χ1n) is 4.38. The minimum absolute atomic E-state index is 0.428. The van der Waals surface area contributed by atoms with Crippen molar-refractivity contribution in [3.63, 3.8) is 0 Å². The summed E-state index contributed by atoms with van der Waals surface area (Å²) in [6, 6.07) is 3.36. The molecule has 0 aliphatic rings. The highest BCUT2D eigenvalue weighted by Gasteiger charge is 2.01. The number of rotatable bonds is 4. The van der Waals surface area contributed by atoms with Crippen LogP contribution in [-0.4, -0.2) is 24.2 Å². The number of carbonyl (C=O) groups is 1. The van der Waals surface area contributed by atoms with Crippen LogP contribution in [0, 0.1) is 0 Å². The van der Waals surface area contributed by atoms with Crippen molar-refractivity contribution < 1.29 is 9.53 Å². The lowest BCUT2D eigenvalue weighted by Gasteiger charge is -2.04. The first kappa shape index (κ1) is 10.5. The number of carbonyl (C=O) groups excluding carboxylic acids is 1. The van der Waals surface area contributed by atoms with Crippen molar-refractivity contribution in [2.45, 2.75) is 6.42 Å². The first-order valence-corrected chi connectivity index (χ1v) is 4.38. The van der Waals surface area contributed by atoms with Crippen molar-refractivity contribution in [1.82, 2.24) is 10.3 Å². The van der Waals surface area contributed by atoms with E-state index in [4.69, 9.17) is 10.5 Å². The van der Waals surface area contributed by atoms with Crippen LogP contribution in [0.4, 0.5) is 4.79 Å². The van der Waals surface area contributed by atoms with Crippen LogP contribution < -0.4 is 15.8 Å². The topological polar surface area (TPSA) is 77.2 Å². The zero-order chi connectivity index (χ0) is 10.2. The molecule has 0 aromatic carbocycles. The van der Waals surface area contributed by atoms with Gasteiger partial charge in [0.1, 0.15) is 0 Å². The Morgan fingerprint density at radius 3 is 3.14 bits per heavy atom. The van der Waals surface area contributed by atoms with Crippen LogP contribution in [0.25, 0.3) is 0 Å². The summed E-state index contributed by atoms with van der Waals surface area (Å²) >= 11 is 0. The molecule has 0 bridgehead atoms. The van der Waals surface area contributed by atoms with E-state index >= 15 is 0 Å². The van der Waals surface area contributed by atoms with E-state index in [1.54, 1.807) is 18.3 Å². The number of hydrogen-bond donors (Lipinski definition) is 2. The number of amides is 1. The van der Waals surface area contributed by atoms with Crippen molar-refractivity contribution in [3.05, 3.63) is 24.5 Å². The fourth-order valence-corrected chi connectivity index (χ4v) is 0.843. The van der Waals surface area contributed by atoms with Gasteiger partial charge in [0.2, 0.25) is 0 Å². The molecular formula is C9H13N3O2. The summed E-state index contributed by atoms with van der Waals surface area (Å²) in [5.74, 6) is 0.428. The molecule has 1 rings (SSSR count). The molecule has 0 fully saturated rings. The Kier molecular flexibility index (Phi) is 4.43. The van der Waals surface area contributed by atoms with E-state index in [9.17, 15) is 4.79 Å². The van der Waals surface area contributed by atoms with Crippen LogP contribution >= 0.6 is 0 Å². The van der Waals surface area contributed by atoms with E-state index in [0.29, 0.717) is 18.8 Å². The van der Waals surface area contributed by atoms with Gasteiger partial charge in [0, 0.05) is 12.7 Å². The van der Waals surface area contributed by atoms with E-state index in [0.717, 1.165) is 6.42 Å². The average molecular weight is 195 g/mol. The van der Waals surface area contributed by atoms with Crippen LogP contribution in [0.1, 0.15) is 6.42 Å². The van der Waals surface area contributed by atoms with Gasteiger partial charge in [-0.2, -0.15) is 0 Å². The lowest BCUT2D eigenvalue weighted by atomic mass is 10.4. The molecule has 14 heavy (non-hydrogen) atoms. The highest BCUT2D eigenvalue weighted by atomic mass is 16.6. The predicted octanol–water partition coefficient (Wildman–Crippen LogP) is 0.519. The molecule has 0 spiro atoms. The molecular weight excluding hydrogens is 182 g/mol. The third kappa shape index (κ3) is 3.86. The van der Waals surface area contributed by atoms with Crippen molar-refractivity contribution in [2.24, 2.45) is 5.73 Å². The zero-order valence-electron chi connectivity index (χ0n) is 7.77. The van der Waals surface area contributed by atoms with Crippen molar-refractivity contribution in [2.75, 3.05) is 13.1 Å². The van der Waals surface area contributed by atoms with Gasteiger partial charge < -0.3 is 15.8 Å². The SMILES string of the molecule is NCCCNC(=O)Oc1cccnc1. The van der Waals surface area contributed by atoms with Crippen molar-refractivity contribution >= 4 is 6.09 Å². The molecule has 76 valence electrons. The summed E-state index contributed by atoms with van der Waals surface area (Å²) in [4.78, 5) is 14.9. The molecule has 0 unspecified atom stereocenters. The third-order valence-corrected chi connectivity index (χ3v) is 1.50. The number of ether oxygens (including phenoxy) is 1. The van der Waals surface area contributed by atoms with Gasteiger partial charge in [0.25, 0.3) is 0 Å². The Labute approximate surface area is 82.3 Å². The monoisotopic (exact) mass is 195 g/mol. The molecule has 0 aliphatic heterocycles. The molecule has 5 heteroatoms. The predicted molar refractivity (Wildman–Crippen MR) is 51.9 cm³/mol. The van der Waals surface area contributed by atoms with Gasteiger partial charge in [-0.05, 0) is 25.1 Å². The molecule has 0 saturated heterocycles. The van der Waals surface area contributed by atoms with E-state index in [-0.39, 0.29) is 0 Å². The Morgan fingerprint density at radius 1 is 1.64 bits per heavy atom. The molecule has 0 aliphatic carbocycles. The largest absolute Gasteiger partial charge is 0.412 e. The average Bonchev–Trinajstić information content (AvgIpc) is 2.20. The number of hydrogen-bond acceptors (Lipinski definition) is 4. The summed E-state index contributed by atoms with van der Waals surface area (Å²) < 4.78 is 4.91. The van der Waals surface area contributed by atoms with E-state index in [2.05, 4.69) is 10.3 Å². The summed E-state index contributed by atoms with van der Waals surface area (Å²) in [6.07, 6.45) is 3.34. The molecule has 3 N–H and O–H groups in total. The lowest BCUT2D eigenvalue weighted by Crippen LogP contribution is -2.28. The lowest BCUT2D eigenvalue weighted by molar-refractivity contribution is 0.200. The van der Waals surface area contributed by atoms with Crippen LogP contribution in [0.15, 0.2) is 24.5 Å². The molecule has 0 radical (unpaired) electrons. The standard InChI is InChI=1S/C9H13N3O2/c10-4-2-6-12-9(13)14-8-3-1-5-11-7-8/h1,3,5,7H,2,4,6,10H2,(H,12,13). The number of pyridine rings is 1. The maximum absolute atomic E-state index is 11.1. The maximum Gasteiger partial charge on any atom is 0.412 e. The highest BCUT2D eigenvalue weighted by molar-refractivity contribution is 5.70. The van der Waals surface area contributed by atoms with Gasteiger partial charge >= 0.3 is 6.09 Å². The number of nitrogens with zero attached hydrogens (tertiary/aromatic N) is 1. The van der Waals surface area contributed by atoms with E-state index < -0.39 is 6.09 Å². The molecule has 5 nitrogen and oxygen atoms in total. The summed E-state index contributed by atoms with van der Waals surface area (Å²) in [5.41, 5.74) is 5.27. The first-order chi connectivity index (χ1) is 6.83. The number of nitrogens with two attached hydrogens (primary N) is 1. The molecule has 0 saturated carbocycles. The van der Waals surface area contributed by atoms with Gasteiger partial charge in [-0.25, -0.2) is 4.79 Å². The third-order valence-electron chi connectivity index (χ3n) is 1.50. The number of aromatic nitrogens is 1. The van der Waals surface area contributed by atoms with Crippen molar-refractivity contribution in [3.8, 4) is 5.75 Å². The normalized spacial score (nSPS) is 9.50. The second kappa shape index (κ2) is 5.93. The fraction of sp³-hybridized carbons (Fsp3) is 0.333. The van der Waals surface area contributed by atoms with Gasteiger partial charge in [0.05, 0.1) is 6.20 Å². The van der Waals surface area contributed by atoms with Crippen LogP contribution in [0.2, 0.25) is 0 Å². The molecule has 1 aromatic heterocycles. The zero-order valence-corrected chi connectivity index (χ0v) is 7.77. The van der Waals surface area contributed by atoms with Crippen molar-refractivity contribution in [1.29, 1.82) is 0 Å². The van der Waals surface area contributed by atoms with E-state index in [1.165, 1.54) is 6.20 Å². The van der Waals surface area contributed by atoms with Crippen LogP contribution in [0.5, 0.6) is 5.75 Å². The summed E-state index contributed by atoms with van der Waals surface area (Å²) in [5, 5.41) is 2.56. The Hall–Kier alpha value is -1.62. The quantitative estimate of drug-likeness (QED) is 0.686. The minimum Gasteiger partial charge on any atom is -0.409 e.